The summed E-state index contributed by atoms with van der Waals surface area (Å²) in [5.41, 5.74) is 14.5. The zero-order valence-electron chi connectivity index (χ0n) is 11.8. The number of aromatic nitrogens is 1. The molecule has 0 aliphatic heterocycles. The fourth-order valence-electron chi connectivity index (χ4n) is 2.69. The molecule has 4 heteroatoms. The van der Waals surface area contributed by atoms with Gasteiger partial charge in [-0.15, -0.1) is 0 Å². The molecule has 2 aromatic rings. The number of benzene rings is 1. The van der Waals surface area contributed by atoms with E-state index >= 15 is 0 Å². The molecule has 1 aromatic carbocycles. The Morgan fingerprint density at radius 2 is 2.00 bits per heavy atom. The molecule has 1 aromatic heterocycles. The third kappa shape index (κ3) is 2.83. The van der Waals surface area contributed by atoms with Crippen LogP contribution in [0.2, 0.25) is 0 Å². The molecule has 0 radical (unpaired) electrons. The number of nitrogen functional groups attached to an aromatic ring is 2. The van der Waals surface area contributed by atoms with Gasteiger partial charge in [-0.05, 0) is 30.4 Å². The number of fused-ring (bicyclic) bond motifs is 1. The average molecular weight is 261 g/mol. The normalized spacial score (nSPS) is 12.9. The first-order chi connectivity index (χ1) is 9.17. The van der Waals surface area contributed by atoms with Gasteiger partial charge in [-0.25, -0.2) is 0 Å². The summed E-state index contributed by atoms with van der Waals surface area (Å²) in [6, 6.07) is 3.82. The molecule has 19 heavy (non-hydrogen) atoms. The third-order valence-electron chi connectivity index (χ3n) is 3.74. The highest BCUT2D eigenvalue weighted by atomic mass is 16.5. The number of nitrogens with two attached hydrogens (primary N) is 2. The molecule has 1 atom stereocenters. The topological polar surface area (TPSA) is 78.1 Å². The molecule has 0 amide bonds. The molecule has 1 unspecified atom stereocenters. The molecule has 0 bridgehead atoms. The second-order valence-electron chi connectivity index (χ2n) is 5.15. The fourth-order valence-corrected chi connectivity index (χ4v) is 2.69. The van der Waals surface area contributed by atoms with E-state index in [1.54, 1.807) is 6.07 Å². The molecule has 0 saturated carbocycles. The first-order valence-electron chi connectivity index (χ1n) is 7.11. The van der Waals surface area contributed by atoms with Crippen molar-refractivity contribution in [3.05, 3.63) is 17.7 Å². The van der Waals surface area contributed by atoms with Crippen LogP contribution < -0.4 is 11.5 Å². The Balaban J connectivity index is 2.37. The summed E-state index contributed by atoms with van der Waals surface area (Å²) >= 11 is 0. The summed E-state index contributed by atoms with van der Waals surface area (Å²) in [6.07, 6.45) is 5.97. The van der Waals surface area contributed by atoms with Gasteiger partial charge < -0.3 is 16.0 Å². The Kier molecular flexibility index (Phi) is 4.30. The van der Waals surface area contributed by atoms with Crippen molar-refractivity contribution in [2.24, 2.45) is 0 Å². The highest BCUT2D eigenvalue weighted by Crippen LogP contribution is 2.36. The minimum Gasteiger partial charge on any atom is -0.399 e. The predicted molar refractivity (Wildman–Crippen MR) is 80.0 cm³/mol. The zero-order chi connectivity index (χ0) is 13.8. The third-order valence-corrected chi connectivity index (χ3v) is 3.74. The Morgan fingerprint density at radius 1 is 1.21 bits per heavy atom. The van der Waals surface area contributed by atoms with E-state index < -0.39 is 0 Å². The van der Waals surface area contributed by atoms with Crippen LogP contribution in [0.25, 0.3) is 11.0 Å². The van der Waals surface area contributed by atoms with E-state index in [1.807, 2.05) is 6.07 Å². The van der Waals surface area contributed by atoms with E-state index in [0.717, 1.165) is 18.2 Å². The molecule has 104 valence electrons. The lowest BCUT2D eigenvalue weighted by molar-refractivity contribution is 0.460. The maximum Gasteiger partial charge on any atom is 0.175 e. The van der Waals surface area contributed by atoms with E-state index in [4.69, 9.17) is 16.0 Å². The molecule has 2 rings (SSSR count). The van der Waals surface area contributed by atoms with Crippen LogP contribution in [-0.4, -0.2) is 5.16 Å². The van der Waals surface area contributed by atoms with Crippen LogP contribution in [0.4, 0.5) is 11.5 Å². The minimum atomic E-state index is 0.471. The summed E-state index contributed by atoms with van der Waals surface area (Å²) in [5.74, 6) is 0.943. The summed E-state index contributed by atoms with van der Waals surface area (Å²) in [4.78, 5) is 0. The highest BCUT2D eigenvalue weighted by Gasteiger charge is 2.18. The molecular formula is C15H23N3O. The predicted octanol–water partition coefficient (Wildman–Crippen LogP) is 4.07. The van der Waals surface area contributed by atoms with E-state index in [9.17, 15) is 0 Å². The number of anilines is 2. The second-order valence-corrected chi connectivity index (χ2v) is 5.15. The summed E-state index contributed by atoms with van der Waals surface area (Å²) in [5, 5.41) is 4.80. The van der Waals surface area contributed by atoms with Gasteiger partial charge in [0.05, 0.1) is 5.39 Å². The van der Waals surface area contributed by atoms with Crippen LogP contribution in [0.5, 0.6) is 0 Å². The van der Waals surface area contributed by atoms with Crippen LogP contribution >= 0.6 is 0 Å². The molecule has 0 aliphatic rings. The van der Waals surface area contributed by atoms with Crippen molar-refractivity contribution in [2.45, 2.75) is 51.9 Å². The highest BCUT2D eigenvalue weighted by molar-refractivity contribution is 5.92. The van der Waals surface area contributed by atoms with Crippen LogP contribution in [0.3, 0.4) is 0 Å². The monoisotopic (exact) mass is 261 g/mol. The van der Waals surface area contributed by atoms with Crippen LogP contribution in [0.1, 0.15) is 57.4 Å². The number of nitrogens with zero attached hydrogens (tertiary/aromatic N) is 1. The summed E-state index contributed by atoms with van der Waals surface area (Å²) in [7, 11) is 0. The number of hydrogen-bond acceptors (Lipinski definition) is 4. The van der Waals surface area contributed by atoms with E-state index in [2.05, 4.69) is 19.0 Å². The van der Waals surface area contributed by atoms with Gasteiger partial charge in [0.2, 0.25) is 0 Å². The van der Waals surface area contributed by atoms with Gasteiger partial charge in [0.15, 0.2) is 11.4 Å². The lowest BCUT2D eigenvalue weighted by atomic mass is 9.88. The lowest BCUT2D eigenvalue weighted by Gasteiger charge is -2.16. The van der Waals surface area contributed by atoms with Crippen molar-refractivity contribution in [2.75, 3.05) is 11.5 Å². The first-order valence-corrected chi connectivity index (χ1v) is 7.11. The molecule has 0 fully saturated rings. The zero-order valence-corrected chi connectivity index (χ0v) is 11.8. The van der Waals surface area contributed by atoms with Crippen molar-refractivity contribution in [1.82, 2.24) is 5.16 Å². The van der Waals surface area contributed by atoms with Gasteiger partial charge in [0, 0.05) is 11.8 Å². The Labute approximate surface area is 114 Å². The molecule has 0 saturated heterocycles. The van der Waals surface area contributed by atoms with Crippen LogP contribution in [0.15, 0.2) is 16.7 Å². The molecule has 1 heterocycles. The van der Waals surface area contributed by atoms with Gasteiger partial charge in [-0.1, -0.05) is 38.3 Å². The van der Waals surface area contributed by atoms with Crippen LogP contribution in [0, 0.1) is 0 Å². The van der Waals surface area contributed by atoms with Crippen molar-refractivity contribution >= 4 is 22.5 Å². The maximum absolute atomic E-state index is 5.95. The molecular weight excluding hydrogens is 238 g/mol. The average Bonchev–Trinajstić information content (AvgIpc) is 2.75. The number of hydrogen-bond donors (Lipinski definition) is 2. The number of unbranched alkanes of at least 4 members (excludes halogenated alkanes) is 2. The SMILES string of the molecule is CCCCCC(CC)c1cc(N)cc2onc(N)c12. The molecule has 0 aliphatic carbocycles. The Bertz CT molecular complexity index is 548. The Morgan fingerprint density at radius 3 is 2.68 bits per heavy atom. The lowest BCUT2D eigenvalue weighted by Crippen LogP contribution is -2.01. The van der Waals surface area contributed by atoms with Crippen molar-refractivity contribution in [1.29, 1.82) is 0 Å². The van der Waals surface area contributed by atoms with Crippen molar-refractivity contribution in [3.63, 3.8) is 0 Å². The van der Waals surface area contributed by atoms with Crippen LogP contribution in [-0.2, 0) is 0 Å². The minimum absolute atomic E-state index is 0.471. The Hall–Kier alpha value is -1.71. The number of rotatable bonds is 6. The van der Waals surface area contributed by atoms with Gasteiger partial charge in [0.25, 0.3) is 0 Å². The smallest absolute Gasteiger partial charge is 0.175 e. The van der Waals surface area contributed by atoms with E-state index in [-0.39, 0.29) is 0 Å². The van der Waals surface area contributed by atoms with E-state index in [0.29, 0.717) is 23.0 Å². The standard InChI is InChI=1S/C15H23N3O/c1-3-5-6-7-10(4-2)12-8-11(16)9-13-14(12)15(17)18-19-13/h8-10H,3-7,16H2,1-2H3,(H2,17,18). The fraction of sp³-hybridized carbons (Fsp3) is 0.533. The van der Waals surface area contributed by atoms with Gasteiger partial charge in [-0.3, -0.25) is 0 Å². The van der Waals surface area contributed by atoms with Crippen molar-refractivity contribution < 1.29 is 4.52 Å². The largest absolute Gasteiger partial charge is 0.399 e. The second kappa shape index (κ2) is 5.95. The molecule has 4 nitrogen and oxygen atoms in total. The summed E-state index contributed by atoms with van der Waals surface area (Å²) < 4.78 is 5.24. The van der Waals surface area contributed by atoms with Crippen molar-refractivity contribution in [3.8, 4) is 0 Å². The van der Waals surface area contributed by atoms with E-state index in [1.165, 1.54) is 24.8 Å². The van der Waals surface area contributed by atoms with Gasteiger partial charge in [-0.2, -0.15) is 0 Å². The molecule has 0 spiro atoms. The summed E-state index contributed by atoms with van der Waals surface area (Å²) in [6.45, 7) is 4.42. The first kappa shape index (κ1) is 13.7. The van der Waals surface area contributed by atoms with Gasteiger partial charge in [0.1, 0.15) is 0 Å². The molecule has 4 N–H and O–H groups in total. The maximum atomic E-state index is 5.95. The van der Waals surface area contributed by atoms with Gasteiger partial charge >= 0.3 is 0 Å². The quantitative estimate of drug-likeness (QED) is 0.607.